The maximum atomic E-state index is 12.3. The largest absolute Gasteiger partial charge is 0.492 e. The summed E-state index contributed by atoms with van der Waals surface area (Å²) >= 11 is 0. The fourth-order valence-corrected chi connectivity index (χ4v) is 4.41. The van der Waals surface area contributed by atoms with Crippen molar-refractivity contribution in [3.63, 3.8) is 0 Å². The summed E-state index contributed by atoms with van der Waals surface area (Å²) in [5.74, 6) is 0.118. The van der Waals surface area contributed by atoms with E-state index in [-0.39, 0.29) is 18.4 Å². The van der Waals surface area contributed by atoms with Crippen LogP contribution in [-0.4, -0.2) is 83.9 Å². The SMILES string of the molecule is O=C(O)CCCCCCN1C(=O)CC[C@@H]1C=CC(O)c1cccc(OCCN2CCOCC2)c1. The molecule has 188 valence electrons. The number of hydrogen-bond donors (Lipinski definition) is 2. The number of carboxylic acids is 1. The van der Waals surface area contributed by atoms with Crippen LogP contribution >= 0.6 is 0 Å². The number of carbonyl (C=O) groups excluding carboxylic acids is 1. The molecule has 2 heterocycles. The Morgan fingerprint density at radius 1 is 1.18 bits per heavy atom. The summed E-state index contributed by atoms with van der Waals surface area (Å²) < 4.78 is 11.3. The van der Waals surface area contributed by atoms with Crippen LogP contribution in [0.1, 0.15) is 56.6 Å². The molecule has 8 heteroatoms. The molecule has 3 rings (SSSR count). The highest BCUT2D eigenvalue weighted by molar-refractivity contribution is 5.79. The first-order valence-electron chi connectivity index (χ1n) is 12.4. The van der Waals surface area contributed by atoms with Crippen molar-refractivity contribution < 1.29 is 29.3 Å². The van der Waals surface area contributed by atoms with Gasteiger partial charge in [0.25, 0.3) is 0 Å². The number of benzene rings is 1. The molecule has 2 fully saturated rings. The second-order valence-corrected chi connectivity index (χ2v) is 8.96. The van der Waals surface area contributed by atoms with Gasteiger partial charge in [0.15, 0.2) is 0 Å². The lowest BCUT2D eigenvalue weighted by atomic mass is 10.1. The minimum Gasteiger partial charge on any atom is -0.492 e. The Bertz CT molecular complexity index is 808. The third kappa shape index (κ3) is 8.74. The summed E-state index contributed by atoms with van der Waals surface area (Å²) in [7, 11) is 0. The van der Waals surface area contributed by atoms with Crippen molar-refractivity contribution in [1.82, 2.24) is 9.80 Å². The van der Waals surface area contributed by atoms with E-state index in [1.54, 1.807) is 6.08 Å². The first-order valence-corrected chi connectivity index (χ1v) is 12.4. The standard InChI is InChI=1S/C26H38N2O6/c29-24(21-6-5-7-23(20-21)34-19-16-27-14-17-33-18-15-27)11-9-22-10-12-25(30)28(22)13-4-2-1-3-8-26(31)32/h5-7,9,11,20,22,24,29H,1-4,8,10,12-19H2,(H,31,32)/t22-,24?/m0/s1. The van der Waals surface area contributed by atoms with Gasteiger partial charge in [-0.3, -0.25) is 14.5 Å². The smallest absolute Gasteiger partial charge is 0.303 e. The monoisotopic (exact) mass is 474 g/mol. The lowest BCUT2D eigenvalue weighted by Crippen LogP contribution is -2.38. The Hall–Kier alpha value is -2.42. The first kappa shape index (κ1) is 26.2. The van der Waals surface area contributed by atoms with Crippen LogP contribution in [0.5, 0.6) is 5.75 Å². The molecule has 2 aliphatic rings. The van der Waals surface area contributed by atoms with Crippen molar-refractivity contribution in [2.45, 2.75) is 57.1 Å². The van der Waals surface area contributed by atoms with Crippen LogP contribution in [0.2, 0.25) is 0 Å². The fourth-order valence-electron chi connectivity index (χ4n) is 4.41. The van der Waals surface area contributed by atoms with Crippen molar-refractivity contribution in [2.24, 2.45) is 0 Å². The normalized spacial score (nSPS) is 20.2. The zero-order valence-corrected chi connectivity index (χ0v) is 19.9. The van der Waals surface area contributed by atoms with E-state index in [2.05, 4.69) is 4.90 Å². The summed E-state index contributed by atoms with van der Waals surface area (Å²) in [6, 6.07) is 7.51. The molecule has 2 aliphatic heterocycles. The van der Waals surface area contributed by atoms with E-state index < -0.39 is 12.1 Å². The van der Waals surface area contributed by atoms with Crippen LogP contribution in [-0.2, 0) is 14.3 Å². The van der Waals surface area contributed by atoms with Crippen LogP contribution in [0, 0.1) is 0 Å². The van der Waals surface area contributed by atoms with Crippen LogP contribution in [0.4, 0.5) is 0 Å². The molecule has 0 spiro atoms. The van der Waals surface area contributed by atoms with Gasteiger partial charge in [-0.2, -0.15) is 0 Å². The highest BCUT2D eigenvalue weighted by Gasteiger charge is 2.28. The summed E-state index contributed by atoms with van der Waals surface area (Å²) in [6.07, 6.45) is 7.72. The molecule has 1 aromatic rings. The Kier molecular flexibility index (Phi) is 10.9. The van der Waals surface area contributed by atoms with E-state index in [4.69, 9.17) is 14.6 Å². The number of nitrogens with zero attached hydrogens (tertiary/aromatic N) is 2. The van der Waals surface area contributed by atoms with Gasteiger partial charge in [0, 0.05) is 39.0 Å². The molecule has 0 saturated carbocycles. The van der Waals surface area contributed by atoms with Gasteiger partial charge in [0.05, 0.1) is 25.4 Å². The number of aliphatic hydroxyl groups is 1. The molecular weight excluding hydrogens is 436 g/mol. The van der Waals surface area contributed by atoms with E-state index in [0.29, 0.717) is 26.0 Å². The van der Waals surface area contributed by atoms with Gasteiger partial charge in [-0.15, -0.1) is 0 Å². The number of amides is 1. The van der Waals surface area contributed by atoms with Crippen molar-refractivity contribution >= 4 is 11.9 Å². The van der Waals surface area contributed by atoms with Crippen LogP contribution in [0.25, 0.3) is 0 Å². The average Bonchev–Trinajstić information content (AvgIpc) is 3.19. The maximum Gasteiger partial charge on any atom is 0.303 e. The third-order valence-electron chi connectivity index (χ3n) is 6.41. The summed E-state index contributed by atoms with van der Waals surface area (Å²) in [6.45, 7) is 5.50. The summed E-state index contributed by atoms with van der Waals surface area (Å²) in [4.78, 5) is 27.1. The average molecular weight is 475 g/mol. The van der Waals surface area contributed by atoms with Gasteiger partial charge in [-0.05, 0) is 37.0 Å². The van der Waals surface area contributed by atoms with Gasteiger partial charge >= 0.3 is 5.97 Å². The summed E-state index contributed by atoms with van der Waals surface area (Å²) in [5.41, 5.74) is 0.759. The van der Waals surface area contributed by atoms with Gasteiger partial charge < -0.3 is 24.6 Å². The van der Waals surface area contributed by atoms with E-state index >= 15 is 0 Å². The molecule has 2 atom stereocenters. The highest BCUT2D eigenvalue weighted by atomic mass is 16.5. The van der Waals surface area contributed by atoms with Crippen molar-refractivity contribution in [2.75, 3.05) is 46.0 Å². The molecule has 1 unspecified atom stereocenters. The second-order valence-electron chi connectivity index (χ2n) is 8.96. The van der Waals surface area contributed by atoms with Crippen molar-refractivity contribution in [3.05, 3.63) is 42.0 Å². The number of unbranched alkanes of at least 4 members (excludes halogenated alkanes) is 3. The number of aliphatic hydroxyl groups excluding tert-OH is 1. The number of carbonyl (C=O) groups is 2. The predicted molar refractivity (Wildman–Crippen MR) is 129 cm³/mol. The Labute approximate surface area is 202 Å². The lowest BCUT2D eigenvalue weighted by Gasteiger charge is -2.26. The summed E-state index contributed by atoms with van der Waals surface area (Å²) in [5, 5.41) is 19.4. The highest BCUT2D eigenvalue weighted by Crippen LogP contribution is 2.24. The maximum absolute atomic E-state index is 12.3. The van der Waals surface area contributed by atoms with E-state index in [9.17, 15) is 14.7 Å². The molecule has 0 radical (unpaired) electrons. The van der Waals surface area contributed by atoms with Gasteiger partial charge in [-0.25, -0.2) is 0 Å². The zero-order valence-electron chi connectivity index (χ0n) is 19.9. The molecule has 2 saturated heterocycles. The molecule has 34 heavy (non-hydrogen) atoms. The first-order chi connectivity index (χ1) is 16.5. The minimum atomic E-state index is -0.767. The van der Waals surface area contributed by atoms with Crippen molar-refractivity contribution in [1.29, 1.82) is 0 Å². The molecule has 1 aromatic carbocycles. The van der Waals surface area contributed by atoms with E-state index in [1.165, 1.54) is 0 Å². The van der Waals surface area contributed by atoms with Gasteiger partial charge in [0.1, 0.15) is 12.4 Å². The molecule has 0 bridgehead atoms. The fraction of sp³-hybridized carbons (Fsp3) is 0.615. The molecular formula is C26H38N2O6. The Balaban J connectivity index is 1.44. The third-order valence-corrected chi connectivity index (χ3v) is 6.41. The second kappa shape index (κ2) is 14.1. The van der Waals surface area contributed by atoms with Crippen LogP contribution < -0.4 is 4.74 Å². The predicted octanol–water partition coefficient (Wildman–Crippen LogP) is 3.01. The molecule has 2 N–H and O–H groups in total. The van der Waals surface area contributed by atoms with Gasteiger partial charge in [0.2, 0.25) is 5.91 Å². The Morgan fingerprint density at radius 3 is 2.76 bits per heavy atom. The van der Waals surface area contributed by atoms with Crippen LogP contribution in [0.3, 0.4) is 0 Å². The number of carboxylic acid groups (broad SMARTS) is 1. The number of likely N-dealkylation sites (tertiary alicyclic amines) is 1. The quantitative estimate of drug-likeness (QED) is 0.316. The zero-order chi connectivity index (χ0) is 24.2. The number of morpholine rings is 1. The number of rotatable bonds is 14. The Morgan fingerprint density at radius 2 is 1.97 bits per heavy atom. The van der Waals surface area contributed by atoms with Crippen LogP contribution in [0.15, 0.2) is 36.4 Å². The number of aliphatic carboxylic acids is 1. The molecule has 1 amide bonds. The number of ether oxygens (including phenoxy) is 2. The van der Waals surface area contributed by atoms with Crippen molar-refractivity contribution in [3.8, 4) is 5.75 Å². The molecule has 8 nitrogen and oxygen atoms in total. The van der Waals surface area contributed by atoms with E-state index in [0.717, 1.165) is 69.8 Å². The molecule has 0 aromatic heterocycles. The topological polar surface area (TPSA) is 99.5 Å². The molecule has 0 aliphatic carbocycles. The minimum absolute atomic E-state index is 0.00544. The lowest BCUT2D eigenvalue weighted by molar-refractivity contribution is -0.137. The van der Waals surface area contributed by atoms with Gasteiger partial charge in [-0.1, -0.05) is 37.1 Å². The van der Waals surface area contributed by atoms with E-state index in [1.807, 2.05) is 35.2 Å². The number of hydrogen-bond acceptors (Lipinski definition) is 6.